The standard InChI is InChI=1S/C21H15Cl2N3/c1-14-12-25-26(20-9-8-18(22)11-19(20)23)21(14)16-6-4-15(5-7-16)17-3-2-10-24-13-17/h2-13H,1H3. The molecule has 0 N–H and O–H groups in total. The first-order chi connectivity index (χ1) is 12.6. The van der Waals surface area contributed by atoms with Crippen LogP contribution in [0.15, 0.2) is 73.2 Å². The Balaban J connectivity index is 1.78. The molecule has 0 saturated heterocycles. The number of rotatable bonds is 3. The molecule has 26 heavy (non-hydrogen) atoms. The molecule has 128 valence electrons. The van der Waals surface area contributed by atoms with Crippen molar-refractivity contribution in [3.63, 3.8) is 0 Å². The molecule has 0 atom stereocenters. The van der Waals surface area contributed by atoms with Crippen molar-refractivity contribution in [3.8, 4) is 28.1 Å². The van der Waals surface area contributed by atoms with E-state index < -0.39 is 0 Å². The van der Waals surface area contributed by atoms with Gasteiger partial charge in [-0.1, -0.05) is 53.5 Å². The zero-order valence-corrected chi connectivity index (χ0v) is 15.5. The van der Waals surface area contributed by atoms with E-state index in [9.17, 15) is 0 Å². The minimum atomic E-state index is 0.564. The van der Waals surface area contributed by atoms with Crippen LogP contribution < -0.4 is 0 Å². The van der Waals surface area contributed by atoms with Gasteiger partial charge in [-0.15, -0.1) is 0 Å². The smallest absolute Gasteiger partial charge is 0.0840 e. The fourth-order valence-electron chi connectivity index (χ4n) is 2.97. The van der Waals surface area contributed by atoms with E-state index in [4.69, 9.17) is 23.2 Å². The minimum Gasteiger partial charge on any atom is -0.264 e. The largest absolute Gasteiger partial charge is 0.264 e. The van der Waals surface area contributed by atoms with Crippen LogP contribution in [-0.4, -0.2) is 14.8 Å². The van der Waals surface area contributed by atoms with Crippen LogP contribution in [-0.2, 0) is 0 Å². The number of hydrogen-bond acceptors (Lipinski definition) is 2. The summed E-state index contributed by atoms with van der Waals surface area (Å²) in [6, 6.07) is 17.8. The summed E-state index contributed by atoms with van der Waals surface area (Å²) >= 11 is 12.4. The molecule has 0 amide bonds. The molecule has 0 bridgehead atoms. The van der Waals surface area contributed by atoms with Crippen molar-refractivity contribution in [2.75, 3.05) is 0 Å². The molecule has 0 unspecified atom stereocenters. The molecule has 0 saturated carbocycles. The summed E-state index contributed by atoms with van der Waals surface area (Å²) < 4.78 is 1.85. The summed E-state index contributed by atoms with van der Waals surface area (Å²) in [4.78, 5) is 4.18. The van der Waals surface area contributed by atoms with Gasteiger partial charge in [0.1, 0.15) is 0 Å². The van der Waals surface area contributed by atoms with Gasteiger partial charge in [-0.25, -0.2) is 4.68 Å². The number of nitrogens with zero attached hydrogens (tertiary/aromatic N) is 3. The lowest BCUT2D eigenvalue weighted by Crippen LogP contribution is -2.00. The normalized spacial score (nSPS) is 10.9. The summed E-state index contributed by atoms with van der Waals surface area (Å²) in [6.45, 7) is 2.04. The van der Waals surface area contributed by atoms with Crippen LogP contribution in [0.25, 0.3) is 28.1 Å². The molecule has 0 aliphatic carbocycles. The second-order valence-electron chi connectivity index (χ2n) is 6.00. The van der Waals surface area contributed by atoms with Crippen molar-refractivity contribution in [1.82, 2.24) is 14.8 Å². The molecule has 4 aromatic rings. The molecule has 0 radical (unpaired) electrons. The second-order valence-corrected chi connectivity index (χ2v) is 6.85. The molecule has 5 heteroatoms. The van der Waals surface area contributed by atoms with E-state index in [0.29, 0.717) is 10.0 Å². The van der Waals surface area contributed by atoms with Gasteiger partial charge in [-0.05, 0) is 47.9 Å². The van der Waals surface area contributed by atoms with Gasteiger partial charge >= 0.3 is 0 Å². The summed E-state index contributed by atoms with van der Waals surface area (Å²) in [6.07, 6.45) is 5.48. The molecule has 0 spiro atoms. The van der Waals surface area contributed by atoms with Crippen LogP contribution in [0.5, 0.6) is 0 Å². The van der Waals surface area contributed by atoms with E-state index in [1.165, 1.54) is 0 Å². The third-order valence-corrected chi connectivity index (χ3v) is 4.78. The molecule has 0 aliphatic heterocycles. The van der Waals surface area contributed by atoms with Crippen LogP contribution in [0.3, 0.4) is 0 Å². The number of aromatic nitrogens is 3. The van der Waals surface area contributed by atoms with Gasteiger partial charge in [-0.3, -0.25) is 4.98 Å². The lowest BCUT2D eigenvalue weighted by molar-refractivity contribution is 0.888. The highest BCUT2D eigenvalue weighted by Gasteiger charge is 2.14. The Morgan fingerprint density at radius 2 is 1.62 bits per heavy atom. The Hall–Kier alpha value is -2.62. The van der Waals surface area contributed by atoms with E-state index >= 15 is 0 Å². The van der Waals surface area contributed by atoms with Crippen molar-refractivity contribution in [2.24, 2.45) is 0 Å². The van der Waals surface area contributed by atoms with Crippen LogP contribution in [0, 0.1) is 6.92 Å². The average Bonchev–Trinajstić information content (AvgIpc) is 3.04. The third kappa shape index (κ3) is 3.12. The van der Waals surface area contributed by atoms with Crippen molar-refractivity contribution in [2.45, 2.75) is 6.92 Å². The van der Waals surface area contributed by atoms with Gasteiger partial charge in [0.25, 0.3) is 0 Å². The number of halogens is 2. The topological polar surface area (TPSA) is 30.7 Å². The number of hydrogen-bond donors (Lipinski definition) is 0. The zero-order valence-electron chi connectivity index (χ0n) is 14.0. The summed E-state index contributed by atoms with van der Waals surface area (Å²) in [5, 5.41) is 5.68. The quantitative estimate of drug-likeness (QED) is 0.423. The Labute approximate surface area is 161 Å². The SMILES string of the molecule is Cc1cnn(-c2ccc(Cl)cc2Cl)c1-c1ccc(-c2cccnc2)cc1. The maximum Gasteiger partial charge on any atom is 0.0840 e. The zero-order chi connectivity index (χ0) is 18.1. The highest BCUT2D eigenvalue weighted by atomic mass is 35.5. The predicted molar refractivity (Wildman–Crippen MR) is 107 cm³/mol. The molecule has 2 aromatic heterocycles. The maximum absolute atomic E-state index is 6.39. The third-order valence-electron chi connectivity index (χ3n) is 4.24. The van der Waals surface area contributed by atoms with Gasteiger partial charge in [0.2, 0.25) is 0 Å². The van der Waals surface area contributed by atoms with Gasteiger partial charge in [0, 0.05) is 23.0 Å². The number of pyridine rings is 1. The monoisotopic (exact) mass is 379 g/mol. The van der Waals surface area contributed by atoms with Crippen LogP contribution in [0.2, 0.25) is 10.0 Å². The second kappa shape index (κ2) is 6.94. The molecular weight excluding hydrogens is 365 g/mol. The molecule has 3 nitrogen and oxygen atoms in total. The molecule has 0 fully saturated rings. The van der Waals surface area contributed by atoms with Gasteiger partial charge in [0.15, 0.2) is 0 Å². The Kier molecular flexibility index (Phi) is 4.49. The van der Waals surface area contributed by atoms with Gasteiger partial charge in [-0.2, -0.15) is 5.10 Å². The van der Waals surface area contributed by atoms with E-state index in [-0.39, 0.29) is 0 Å². The Bertz CT molecular complexity index is 1050. The van der Waals surface area contributed by atoms with E-state index in [0.717, 1.165) is 33.6 Å². The first-order valence-corrected chi connectivity index (χ1v) is 8.90. The van der Waals surface area contributed by atoms with Crippen LogP contribution in [0.4, 0.5) is 0 Å². The van der Waals surface area contributed by atoms with Crippen molar-refractivity contribution in [1.29, 1.82) is 0 Å². The fourth-order valence-corrected chi connectivity index (χ4v) is 3.46. The first-order valence-electron chi connectivity index (χ1n) is 8.14. The Morgan fingerprint density at radius 1 is 0.846 bits per heavy atom. The summed E-state index contributed by atoms with van der Waals surface area (Å²) in [7, 11) is 0. The van der Waals surface area contributed by atoms with Gasteiger partial charge in [0.05, 0.1) is 22.6 Å². The number of aryl methyl sites for hydroxylation is 1. The van der Waals surface area contributed by atoms with Crippen molar-refractivity contribution >= 4 is 23.2 Å². The van der Waals surface area contributed by atoms with Gasteiger partial charge < -0.3 is 0 Å². The predicted octanol–water partition coefficient (Wildman–Crippen LogP) is 6.22. The molecular formula is C21H15Cl2N3. The lowest BCUT2D eigenvalue weighted by Gasteiger charge is -2.11. The van der Waals surface area contributed by atoms with E-state index in [1.54, 1.807) is 12.3 Å². The average molecular weight is 380 g/mol. The lowest BCUT2D eigenvalue weighted by atomic mass is 10.0. The van der Waals surface area contributed by atoms with E-state index in [2.05, 4.69) is 34.3 Å². The summed E-state index contributed by atoms with van der Waals surface area (Å²) in [5.74, 6) is 0. The van der Waals surface area contributed by atoms with Crippen molar-refractivity contribution in [3.05, 3.63) is 88.8 Å². The molecule has 2 heterocycles. The molecule has 4 rings (SSSR count). The highest BCUT2D eigenvalue weighted by molar-refractivity contribution is 6.35. The Morgan fingerprint density at radius 3 is 2.31 bits per heavy atom. The maximum atomic E-state index is 6.39. The minimum absolute atomic E-state index is 0.564. The van der Waals surface area contributed by atoms with E-state index in [1.807, 2.05) is 48.3 Å². The van der Waals surface area contributed by atoms with Crippen molar-refractivity contribution < 1.29 is 0 Å². The van der Waals surface area contributed by atoms with Crippen LogP contribution >= 0.6 is 23.2 Å². The highest BCUT2D eigenvalue weighted by Crippen LogP contribution is 2.32. The van der Waals surface area contributed by atoms with Crippen LogP contribution in [0.1, 0.15) is 5.56 Å². The molecule has 0 aliphatic rings. The first kappa shape index (κ1) is 16.8. The summed E-state index contributed by atoms with van der Waals surface area (Å²) in [5.41, 5.74) is 6.16. The number of benzene rings is 2. The molecule has 2 aromatic carbocycles. The fraction of sp³-hybridized carbons (Fsp3) is 0.0476.